The van der Waals surface area contributed by atoms with Gasteiger partial charge in [0.2, 0.25) is 5.91 Å². The first-order chi connectivity index (χ1) is 9.34. The van der Waals surface area contributed by atoms with Crippen LogP contribution in [0.15, 0.2) is 0 Å². The number of nitrogens with zero attached hydrogens (tertiary/aromatic N) is 1. The van der Waals surface area contributed by atoms with Gasteiger partial charge in [0.05, 0.1) is 0 Å². The van der Waals surface area contributed by atoms with E-state index in [0.717, 1.165) is 25.9 Å². The molecule has 118 valence electrons. The lowest BCUT2D eigenvalue weighted by molar-refractivity contribution is -0.121. The Balaban J connectivity index is 2.27. The van der Waals surface area contributed by atoms with Gasteiger partial charge < -0.3 is 16.0 Å². The lowest BCUT2D eigenvalue weighted by Crippen LogP contribution is -2.38. The van der Waals surface area contributed by atoms with Crippen LogP contribution < -0.4 is 11.1 Å². The molecule has 0 radical (unpaired) electrons. The highest BCUT2D eigenvalue weighted by molar-refractivity contribution is 5.75. The van der Waals surface area contributed by atoms with Gasteiger partial charge in [-0.3, -0.25) is 4.79 Å². The fourth-order valence-corrected chi connectivity index (χ4v) is 3.07. The maximum absolute atomic E-state index is 12.0. The number of carbonyl (C=O) groups is 1. The molecule has 1 fully saturated rings. The van der Waals surface area contributed by atoms with Crippen LogP contribution in [0.2, 0.25) is 0 Å². The van der Waals surface area contributed by atoms with Crippen LogP contribution in [0.1, 0.15) is 52.9 Å². The Bertz CT molecular complexity index is 299. The van der Waals surface area contributed by atoms with Gasteiger partial charge in [0.25, 0.3) is 0 Å². The Morgan fingerprint density at radius 3 is 2.60 bits per heavy atom. The van der Waals surface area contributed by atoms with Crippen LogP contribution in [-0.4, -0.2) is 43.5 Å². The highest BCUT2D eigenvalue weighted by atomic mass is 16.1. The van der Waals surface area contributed by atoms with E-state index in [9.17, 15) is 4.79 Å². The molecule has 1 saturated heterocycles. The first kappa shape index (κ1) is 17.4. The van der Waals surface area contributed by atoms with Gasteiger partial charge in [0, 0.05) is 19.0 Å². The van der Waals surface area contributed by atoms with Crippen molar-refractivity contribution in [3.8, 4) is 0 Å². The molecular formula is C16H33N3O. The van der Waals surface area contributed by atoms with Crippen molar-refractivity contribution in [2.75, 3.05) is 26.7 Å². The Morgan fingerprint density at radius 1 is 1.40 bits per heavy atom. The molecule has 0 aromatic heterocycles. The number of likely N-dealkylation sites (tertiary alicyclic amines) is 1. The molecule has 1 aliphatic rings. The predicted molar refractivity (Wildman–Crippen MR) is 84.5 cm³/mol. The number of rotatable bonds is 7. The van der Waals surface area contributed by atoms with Crippen LogP contribution in [0.4, 0.5) is 0 Å². The lowest BCUT2D eigenvalue weighted by Gasteiger charge is -2.30. The van der Waals surface area contributed by atoms with Gasteiger partial charge in [-0.1, -0.05) is 20.8 Å². The Morgan fingerprint density at radius 2 is 2.10 bits per heavy atom. The largest absolute Gasteiger partial charge is 0.355 e. The van der Waals surface area contributed by atoms with Gasteiger partial charge in [-0.2, -0.15) is 0 Å². The zero-order chi connectivity index (χ0) is 15.2. The van der Waals surface area contributed by atoms with Crippen LogP contribution >= 0.6 is 0 Å². The van der Waals surface area contributed by atoms with Gasteiger partial charge in [-0.15, -0.1) is 0 Å². The van der Waals surface area contributed by atoms with Crippen molar-refractivity contribution in [2.24, 2.45) is 17.1 Å². The van der Waals surface area contributed by atoms with E-state index in [1.165, 1.54) is 12.8 Å². The van der Waals surface area contributed by atoms with Gasteiger partial charge in [0.15, 0.2) is 0 Å². The summed E-state index contributed by atoms with van der Waals surface area (Å²) in [5.41, 5.74) is 5.91. The number of likely N-dealkylation sites (N-methyl/N-ethyl adjacent to an activating group) is 1. The third kappa shape index (κ3) is 5.80. The molecule has 1 aliphatic heterocycles. The molecular weight excluding hydrogens is 250 g/mol. The van der Waals surface area contributed by atoms with Gasteiger partial charge >= 0.3 is 0 Å². The molecule has 4 heteroatoms. The summed E-state index contributed by atoms with van der Waals surface area (Å²) in [5.74, 6) is 0.712. The first-order valence-electron chi connectivity index (χ1n) is 8.01. The molecule has 1 rings (SSSR count). The summed E-state index contributed by atoms with van der Waals surface area (Å²) < 4.78 is 0. The van der Waals surface area contributed by atoms with E-state index < -0.39 is 0 Å². The van der Waals surface area contributed by atoms with E-state index in [4.69, 9.17) is 5.73 Å². The lowest BCUT2D eigenvalue weighted by atomic mass is 9.76. The number of hydrogen-bond donors (Lipinski definition) is 2. The molecule has 1 heterocycles. The number of amides is 1. The van der Waals surface area contributed by atoms with E-state index in [-0.39, 0.29) is 11.3 Å². The number of nitrogens with two attached hydrogens (primary N) is 1. The molecule has 4 nitrogen and oxygen atoms in total. The summed E-state index contributed by atoms with van der Waals surface area (Å²) in [6.07, 6.45) is 5.02. The Kier molecular flexibility index (Phi) is 6.96. The fraction of sp³-hybridized carbons (Fsp3) is 0.938. The molecule has 2 atom stereocenters. The number of carbonyl (C=O) groups excluding carboxylic acids is 1. The quantitative estimate of drug-likeness (QED) is 0.751. The van der Waals surface area contributed by atoms with Crippen molar-refractivity contribution in [1.29, 1.82) is 0 Å². The monoisotopic (exact) mass is 283 g/mol. The third-order valence-corrected chi connectivity index (χ3v) is 4.67. The van der Waals surface area contributed by atoms with Gasteiger partial charge in [-0.25, -0.2) is 0 Å². The van der Waals surface area contributed by atoms with Crippen LogP contribution in [-0.2, 0) is 4.79 Å². The summed E-state index contributed by atoms with van der Waals surface area (Å²) in [7, 11) is 2.14. The summed E-state index contributed by atoms with van der Waals surface area (Å²) in [5, 5.41) is 3.09. The Hall–Kier alpha value is -0.610. The first-order valence-corrected chi connectivity index (χ1v) is 8.01. The predicted octanol–water partition coefficient (Wildman–Crippen LogP) is 1.99. The van der Waals surface area contributed by atoms with Gasteiger partial charge in [0.1, 0.15) is 0 Å². The molecule has 0 saturated carbocycles. The molecule has 0 spiro atoms. The zero-order valence-corrected chi connectivity index (χ0v) is 13.7. The summed E-state index contributed by atoms with van der Waals surface area (Å²) in [6.45, 7) is 9.36. The van der Waals surface area contributed by atoms with E-state index in [1.54, 1.807) is 0 Å². The maximum Gasteiger partial charge on any atom is 0.220 e. The molecule has 3 N–H and O–H groups in total. The number of hydrogen-bond acceptors (Lipinski definition) is 3. The number of nitrogens with one attached hydrogen (secondary N) is 1. The Labute approximate surface area is 124 Å². The van der Waals surface area contributed by atoms with Crippen molar-refractivity contribution in [1.82, 2.24) is 10.2 Å². The second-order valence-corrected chi connectivity index (χ2v) is 7.26. The summed E-state index contributed by atoms with van der Waals surface area (Å²) >= 11 is 0. The van der Waals surface area contributed by atoms with Crippen LogP contribution in [0.3, 0.4) is 0 Å². The van der Waals surface area contributed by atoms with E-state index in [2.05, 4.69) is 38.0 Å². The minimum absolute atomic E-state index is 0.191. The molecule has 20 heavy (non-hydrogen) atoms. The van der Waals surface area contributed by atoms with Crippen molar-refractivity contribution in [2.45, 2.75) is 58.9 Å². The smallest absolute Gasteiger partial charge is 0.220 e. The van der Waals surface area contributed by atoms with Crippen LogP contribution in [0.25, 0.3) is 0 Å². The molecule has 1 amide bonds. The standard InChI is InChI=1S/C16H33N3O/c1-16(2,3)13(9-10-17)7-8-15(20)18-12-14-6-5-11-19(14)4/h13-14H,5-12,17H2,1-4H3,(H,18,20). The van der Waals surface area contributed by atoms with Crippen LogP contribution in [0, 0.1) is 11.3 Å². The molecule has 0 aromatic carbocycles. The second-order valence-electron chi connectivity index (χ2n) is 7.26. The summed E-state index contributed by atoms with van der Waals surface area (Å²) in [4.78, 5) is 14.3. The minimum Gasteiger partial charge on any atom is -0.355 e. The molecule has 0 aliphatic carbocycles. The second kappa shape index (κ2) is 7.99. The highest BCUT2D eigenvalue weighted by Gasteiger charge is 2.25. The highest BCUT2D eigenvalue weighted by Crippen LogP contribution is 2.32. The normalized spacial score (nSPS) is 21.9. The SMILES string of the molecule is CN1CCCC1CNC(=O)CCC(CCN)C(C)(C)C. The molecule has 0 bridgehead atoms. The topological polar surface area (TPSA) is 58.4 Å². The maximum atomic E-state index is 12.0. The average Bonchev–Trinajstić information content (AvgIpc) is 2.76. The minimum atomic E-state index is 0.191. The van der Waals surface area contributed by atoms with Crippen molar-refractivity contribution in [3.05, 3.63) is 0 Å². The van der Waals surface area contributed by atoms with E-state index >= 15 is 0 Å². The molecule has 2 unspecified atom stereocenters. The van der Waals surface area contributed by atoms with Crippen molar-refractivity contribution in [3.63, 3.8) is 0 Å². The summed E-state index contributed by atoms with van der Waals surface area (Å²) in [6, 6.07) is 0.529. The zero-order valence-electron chi connectivity index (χ0n) is 13.7. The average molecular weight is 283 g/mol. The molecule has 0 aromatic rings. The van der Waals surface area contributed by atoms with Crippen molar-refractivity contribution >= 4 is 5.91 Å². The van der Waals surface area contributed by atoms with E-state index in [1.807, 2.05) is 0 Å². The van der Waals surface area contributed by atoms with Crippen LogP contribution in [0.5, 0.6) is 0 Å². The van der Waals surface area contributed by atoms with Gasteiger partial charge in [-0.05, 0) is 57.2 Å². The van der Waals surface area contributed by atoms with E-state index in [0.29, 0.717) is 24.9 Å². The van der Waals surface area contributed by atoms with Crippen molar-refractivity contribution < 1.29 is 4.79 Å². The third-order valence-electron chi connectivity index (χ3n) is 4.67. The fourth-order valence-electron chi connectivity index (χ4n) is 3.07.